The summed E-state index contributed by atoms with van der Waals surface area (Å²) in [4.78, 5) is 12.5. The molecule has 2 nitrogen and oxygen atoms in total. The fourth-order valence-electron chi connectivity index (χ4n) is 2.90. The van der Waals surface area contributed by atoms with E-state index in [1.165, 1.54) is 11.1 Å². The van der Waals surface area contributed by atoms with Crippen LogP contribution in [0, 0.1) is 19.3 Å². The fourth-order valence-corrected chi connectivity index (χ4v) is 2.90. The molecule has 2 heteroatoms. The Balaban J connectivity index is 3.31. The number of ether oxygens (including phenoxy) is 1. The molecule has 1 aromatic carbocycles. The van der Waals surface area contributed by atoms with E-state index in [9.17, 15) is 4.79 Å². The topological polar surface area (TPSA) is 26.3 Å². The van der Waals surface area contributed by atoms with Crippen LogP contribution in [-0.4, -0.2) is 11.9 Å². The molecule has 0 spiro atoms. The van der Waals surface area contributed by atoms with Gasteiger partial charge >= 0.3 is 0 Å². The Morgan fingerprint density at radius 1 is 1.09 bits per heavy atom. The van der Waals surface area contributed by atoms with Crippen LogP contribution in [0.4, 0.5) is 0 Å². The molecule has 0 saturated heterocycles. The largest absolute Gasteiger partial charge is 0.491 e. The summed E-state index contributed by atoms with van der Waals surface area (Å²) in [5.41, 5.74) is 2.99. The second-order valence-corrected chi connectivity index (χ2v) is 8.36. The Morgan fingerprint density at radius 2 is 1.64 bits per heavy atom. The molecule has 0 unspecified atom stereocenters. The monoisotopic (exact) mass is 304 g/mol. The summed E-state index contributed by atoms with van der Waals surface area (Å²) in [6, 6.07) is 4.26. The van der Waals surface area contributed by atoms with E-state index in [1.54, 1.807) is 0 Å². The highest BCUT2D eigenvalue weighted by atomic mass is 16.5. The van der Waals surface area contributed by atoms with Crippen molar-refractivity contribution < 1.29 is 9.53 Å². The maximum atomic E-state index is 12.5. The van der Waals surface area contributed by atoms with Gasteiger partial charge in [-0.25, -0.2) is 0 Å². The van der Waals surface area contributed by atoms with Gasteiger partial charge in [-0.2, -0.15) is 0 Å². The summed E-state index contributed by atoms with van der Waals surface area (Å²) in [5.74, 6) is 1.20. The van der Waals surface area contributed by atoms with Crippen molar-refractivity contribution in [2.45, 2.75) is 80.3 Å². The lowest BCUT2D eigenvalue weighted by molar-refractivity contribution is -0.127. The quantitative estimate of drug-likeness (QED) is 0.730. The van der Waals surface area contributed by atoms with Crippen LogP contribution >= 0.6 is 0 Å². The Bertz CT molecular complexity index is 546. The SMILES string of the molecule is Cc1cc(C)c(C(C)(C)CC(=O)C(C)(C)C)c(OC(C)C)c1. The first-order chi connectivity index (χ1) is 9.84. The number of carbonyl (C=O) groups is 1. The number of Topliss-reactive ketones (excluding diaryl/α,β-unsaturated/α-hetero) is 1. The van der Waals surface area contributed by atoms with Crippen LogP contribution in [-0.2, 0) is 10.2 Å². The standard InChI is InChI=1S/C20H32O2/c1-13(2)22-16-11-14(3)10-15(4)18(16)20(8,9)12-17(21)19(5,6)7/h10-11,13H,12H2,1-9H3. The number of ketones is 1. The van der Waals surface area contributed by atoms with Crippen molar-refractivity contribution in [1.29, 1.82) is 0 Å². The van der Waals surface area contributed by atoms with Crippen molar-refractivity contribution in [3.63, 3.8) is 0 Å². The lowest BCUT2D eigenvalue weighted by Crippen LogP contribution is -2.30. The summed E-state index contributed by atoms with van der Waals surface area (Å²) in [6.45, 7) is 18.5. The molecule has 124 valence electrons. The molecule has 0 aliphatic rings. The third-order valence-corrected chi connectivity index (χ3v) is 3.92. The number of aryl methyl sites for hydroxylation is 2. The summed E-state index contributed by atoms with van der Waals surface area (Å²) in [7, 11) is 0. The third-order valence-electron chi connectivity index (χ3n) is 3.92. The molecule has 0 radical (unpaired) electrons. The van der Waals surface area contributed by atoms with Gasteiger partial charge in [-0.15, -0.1) is 0 Å². The van der Waals surface area contributed by atoms with Crippen LogP contribution < -0.4 is 4.74 Å². The van der Waals surface area contributed by atoms with Gasteiger partial charge in [0.05, 0.1) is 6.10 Å². The lowest BCUT2D eigenvalue weighted by atomic mass is 9.73. The summed E-state index contributed by atoms with van der Waals surface area (Å²) in [6.07, 6.45) is 0.642. The van der Waals surface area contributed by atoms with Crippen molar-refractivity contribution in [1.82, 2.24) is 0 Å². The maximum Gasteiger partial charge on any atom is 0.139 e. The molecule has 0 aromatic heterocycles. The van der Waals surface area contributed by atoms with Gasteiger partial charge in [0.1, 0.15) is 11.5 Å². The van der Waals surface area contributed by atoms with Crippen molar-refractivity contribution >= 4 is 5.78 Å². The average Bonchev–Trinajstić information content (AvgIpc) is 2.23. The number of benzene rings is 1. The normalized spacial score (nSPS) is 12.6. The summed E-state index contributed by atoms with van der Waals surface area (Å²) < 4.78 is 6.05. The minimum absolute atomic E-state index is 0.120. The second-order valence-electron chi connectivity index (χ2n) is 8.36. The predicted octanol–water partition coefficient (Wildman–Crippen LogP) is 5.37. The molecule has 0 atom stereocenters. The second kappa shape index (κ2) is 6.44. The first kappa shape index (κ1) is 18.7. The lowest BCUT2D eigenvalue weighted by Gasteiger charge is -2.32. The zero-order valence-electron chi connectivity index (χ0n) is 15.8. The predicted molar refractivity (Wildman–Crippen MR) is 93.8 cm³/mol. The molecule has 0 saturated carbocycles. The highest BCUT2D eigenvalue weighted by Crippen LogP contribution is 2.39. The van der Waals surface area contributed by atoms with Gasteiger partial charge in [0.25, 0.3) is 0 Å². The first-order valence-corrected chi connectivity index (χ1v) is 8.16. The van der Waals surface area contributed by atoms with E-state index in [0.29, 0.717) is 6.42 Å². The third kappa shape index (κ3) is 4.59. The Kier molecular flexibility index (Phi) is 5.48. The van der Waals surface area contributed by atoms with Gasteiger partial charge in [0, 0.05) is 22.8 Å². The Labute approximate surface area is 136 Å². The van der Waals surface area contributed by atoms with E-state index < -0.39 is 0 Å². The number of hydrogen-bond donors (Lipinski definition) is 0. The van der Waals surface area contributed by atoms with Crippen LogP contribution in [0.5, 0.6) is 5.75 Å². The highest BCUT2D eigenvalue weighted by molar-refractivity contribution is 5.85. The van der Waals surface area contributed by atoms with Gasteiger partial charge < -0.3 is 4.74 Å². The van der Waals surface area contributed by atoms with Crippen LogP contribution in [0.1, 0.15) is 71.6 Å². The molecule has 1 aromatic rings. The summed E-state index contributed by atoms with van der Waals surface area (Å²) >= 11 is 0. The molecule has 0 amide bonds. The highest BCUT2D eigenvalue weighted by Gasteiger charge is 2.33. The first-order valence-electron chi connectivity index (χ1n) is 8.16. The van der Waals surface area contributed by atoms with E-state index >= 15 is 0 Å². The van der Waals surface area contributed by atoms with Crippen LogP contribution in [0.2, 0.25) is 0 Å². The smallest absolute Gasteiger partial charge is 0.139 e. The number of hydrogen-bond acceptors (Lipinski definition) is 2. The van der Waals surface area contributed by atoms with Gasteiger partial charge in [0.15, 0.2) is 0 Å². The van der Waals surface area contributed by atoms with Crippen molar-refractivity contribution in [3.8, 4) is 5.75 Å². The van der Waals surface area contributed by atoms with Crippen molar-refractivity contribution in [3.05, 3.63) is 28.8 Å². The molecule has 0 aliphatic heterocycles. The molecular formula is C20H32O2. The van der Waals surface area contributed by atoms with Crippen LogP contribution in [0.15, 0.2) is 12.1 Å². The number of rotatable bonds is 5. The van der Waals surface area contributed by atoms with E-state index in [-0.39, 0.29) is 22.7 Å². The van der Waals surface area contributed by atoms with E-state index in [1.807, 2.05) is 34.6 Å². The molecule has 0 bridgehead atoms. The number of carbonyl (C=O) groups excluding carboxylic acids is 1. The molecule has 0 heterocycles. The molecule has 0 aliphatic carbocycles. The molecule has 0 fully saturated rings. The van der Waals surface area contributed by atoms with E-state index in [0.717, 1.165) is 11.3 Å². The van der Waals surface area contributed by atoms with Gasteiger partial charge in [0.2, 0.25) is 0 Å². The Morgan fingerprint density at radius 3 is 2.09 bits per heavy atom. The zero-order chi connectivity index (χ0) is 17.3. The average molecular weight is 304 g/mol. The van der Waals surface area contributed by atoms with Gasteiger partial charge in [-0.05, 0) is 44.9 Å². The fraction of sp³-hybridized carbons (Fsp3) is 0.650. The minimum Gasteiger partial charge on any atom is -0.491 e. The molecule has 1 rings (SSSR count). The molecule has 0 N–H and O–H groups in total. The van der Waals surface area contributed by atoms with Crippen molar-refractivity contribution in [2.75, 3.05) is 0 Å². The van der Waals surface area contributed by atoms with Crippen LogP contribution in [0.3, 0.4) is 0 Å². The summed E-state index contributed by atoms with van der Waals surface area (Å²) in [5, 5.41) is 0. The molecular weight excluding hydrogens is 272 g/mol. The minimum atomic E-state index is -0.311. The van der Waals surface area contributed by atoms with Gasteiger partial charge in [-0.1, -0.05) is 40.7 Å². The van der Waals surface area contributed by atoms with E-state index in [2.05, 4.69) is 39.8 Å². The maximum absolute atomic E-state index is 12.5. The van der Waals surface area contributed by atoms with Crippen molar-refractivity contribution in [2.24, 2.45) is 5.41 Å². The van der Waals surface area contributed by atoms with E-state index in [4.69, 9.17) is 4.74 Å². The molecule has 22 heavy (non-hydrogen) atoms. The Hall–Kier alpha value is -1.31. The van der Waals surface area contributed by atoms with Crippen LogP contribution in [0.25, 0.3) is 0 Å². The van der Waals surface area contributed by atoms with Gasteiger partial charge in [-0.3, -0.25) is 4.79 Å². The zero-order valence-corrected chi connectivity index (χ0v) is 15.8.